The number of hydrogen-bond acceptors (Lipinski definition) is 3. The summed E-state index contributed by atoms with van der Waals surface area (Å²) in [5, 5.41) is 0. The zero-order valence-electron chi connectivity index (χ0n) is 13.0. The molecule has 2 aliphatic rings. The average molecular weight is 282 g/mol. The lowest BCUT2D eigenvalue weighted by molar-refractivity contribution is -0.167. The highest BCUT2D eigenvalue weighted by Crippen LogP contribution is 2.27. The molecule has 5 nitrogen and oxygen atoms in total. The standard InChI is InChI=1S/C15H26N2O3/c1-5-20-15(3,4)10-17-11(2)13(18)16-9-7-6-8-12(16)14(17)19/h11-12H,5-10H2,1-4H3. The molecule has 2 fully saturated rings. The molecule has 0 radical (unpaired) electrons. The van der Waals surface area contributed by atoms with Crippen molar-refractivity contribution in [1.82, 2.24) is 9.80 Å². The van der Waals surface area contributed by atoms with Crippen LogP contribution in [0.5, 0.6) is 0 Å². The number of piperidine rings is 1. The Kier molecular flexibility index (Phi) is 4.37. The third kappa shape index (κ3) is 2.82. The number of rotatable bonds is 4. The van der Waals surface area contributed by atoms with Crippen LogP contribution in [0.25, 0.3) is 0 Å². The first-order chi connectivity index (χ1) is 9.37. The van der Waals surface area contributed by atoms with Crippen LogP contribution in [0.2, 0.25) is 0 Å². The van der Waals surface area contributed by atoms with Gasteiger partial charge in [0, 0.05) is 13.2 Å². The highest BCUT2D eigenvalue weighted by Gasteiger charge is 2.45. The monoisotopic (exact) mass is 282 g/mol. The van der Waals surface area contributed by atoms with Crippen molar-refractivity contribution in [2.75, 3.05) is 19.7 Å². The van der Waals surface area contributed by atoms with E-state index in [-0.39, 0.29) is 23.9 Å². The van der Waals surface area contributed by atoms with Crippen LogP contribution in [0.3, 0.4) is 0 Å². The third-order valence-electron chi connectivity index (χ3n) is 4.27. The topological polar surface area (TPSA) is 49.9 Å². The van der Waals surface area contributed by atoms with Crippen molar-refractivity contribution >= 4 is 11.8 Å². The van der Waals surface area contributed by atoms with Crippen molar-refractivity contribution in [2.45, 2.75) is 64.6 Å². The molecular formula is C15H26N2O3. The van der Waals surface area contributed by atoms with Gasteiger partial charge in [0.05, 0.1) is 12.1 Å². The van der Waals surface area contributed by atoms with Crippen molar-refractivity contribution < 1.29 is 14.3 Å². The molecule has 0 N–H and O–H groups in total. The fraction of sp³-hybridized carbons (Fsp3) is 0.867. The number of amides is 2. The number of ether oxygens (including phenoxy) is 1. The molecule has 2 aliphatic heterocycles. The minimum atomic E-state index is -0.421. The highest BCUT2D eigenvalue weighted by molar-refractivity contribution is 5.97. The zero-order valence-corrected chi connectivity index (χ0v) is 13.0. The summed E-state index contributed by atoms with van der Waals surface area (Å²) in [6.07, 6.45) is 2.83. The van der Waals surface area contributed by atoms with Crippen LogP contribution in [0.15, 0.2) is 0 Å². The summed E-state index contributed by atoms with van der Waals surface area (Å²) >= 11 is 0. The van der Waals surface area contributed by atoms with Gasteiger partial charge < -0.3 is 14.5 Å². The molecule has 20 heavy (non-hydrogen) atoms. The molecule has 114 valence electrons. The molecule has 2 rings (SSSR count). The van der Waals surface area contributed by atoms with Crippen molar-refractivity contribution in [3.8, 4) is 0 Å². The largest absolute Gasteiger partial charge is 0.374 e. The quantitative estimate of drug-likeness (QED) is 0.783. The van der Waals surface area contributed by atoms with Gasteiger partial charge in [-0.05, 0) is 47.0 Å². The van der Waals surface area contributed by atoms with Gasteiger partial charge in [0.15, 0.2) is 0 Å². The summed E-state index contributed by atoms with van der Waals surface area (Å²) in [6.45, 7) is 9.50. The number of carbonyl (C=O) groups is 2. The lowest BCUT2D eigenvalue weighted by Crippen LogP contribution is -2.66. The summed E-state index contributed by atoms with van der Waals surface area (Å²) in [5.41, 5.74) is -0.421. The predicted octanol–water partition coefficient (Wildman–Crippen LogP) is 1.41. The summed E-state index contributed by atoms with van der Waals surface area (Å²) in [5.74, 6) is 0.172. The van der Waals surface area contributed by atoms with E-state index in [4.69, 9.17) is 4.74 Å². The van der Waals surface area contributed by atoms with Crippen LogP contribution < -0.4 is 0 Å². The van der Waals surface area contributed by atoms with Crippen LogP contribution in [-0.4, -0.2) is 59.0 Å². The van der Waals surface area contributed by atoms with E-state index in [1.54, 1.807) is 9.80 Å². The molecule has 0 spiro atoms. The lowest BCUT2D eigenvalue weighted by atomic mass is 9.94. The Morgan fingerprint density at radius 1 is 1.25 bits per heavy atom. The zero-order chi connectivity index (χ0) is 14.9. The second-order valence-electron chi connectivity index (χ2n) is 6.38. The molecule has 0 aromatic carbocycles. The number of piperazine rings is 1. The Bertz CT molecular complexity index is 395. The van der Waals surface area contributed by atoms with Crippen LogP contribution >= 0.6 is 0 Å². The third-order valence-corrected chi connectivity index (χ3v) is 4.27. The summed E-state index contributed by atoms with van der Waals surface area (Å²) in [4.78, 5) is 28.6. The molecule has 2 amide bonds. The van der Waals surface area contributed by atoms with Gasteiger partial charge in [-0.25, -0.2) is 0 Å². The van der Waals surface area contributed by atoms with E-state index in [2.05, 4.69) is 0 Å². The molecule has 2 heterocycles. The fourth-order valence-corrected chi connectivity index (χ4v) is 3.27. The van der Waals surface area contributed by atoms with Crippen molar-refractivity contribution in [3.63, 3.8) is 0 Å². The maximum absolute atomic E-state index is 12.7. The molecule has 2 unspecified atom stereocenters. The van der Waals surface area contributed by atoms with Crippen LogP contribution in [0.1, 0.15) is 47.0 Å². The molecule has 5 heteroatoms. The minimum Gasteiger partial charge on any atom is -0.374 e. The molecule has 0 saturated carbocycles. The van der Waals surface area contributed by atoms with Crippen LogP contribution in [0.4, 0.5) is 0 Å². The lowest BCUT2D eigenvalue weighted by Gasteiger charge is -2.47. The average Bonchev–Trinajstić information content (AvgIpc) is 2.41. The molecule has 0 aromatic heterocycles. The second kappa shape index (κ2) is 5.72. The summed E-state index contributed by atoms with van der Waals surface area (Å²) in [7, 11) is 0. The number of fused-ring (bicyclic) bond motifs is 1. The van der Waals surface area contributed by atoms with Gasteiger partial charge in [0.2, 0.25) is 11.8 Å². The minimum absolute atomic E-state index is 0.0848. The summed E-state index contributed by atoms with van der Waals surface area (Å²) in [6, 6.07) is -0.624. The van der Waals surface area contributed by atoms with Crippen molar-refractivity contribution in [2.24, 2.45) is 0 Å². The second-order valence-corrected chi connectivity index (χ2v) is 6.38. The first-order valence-electron chi connectivity index (χ1n) is 7.62. The molecule has 0 bridgehead atoms. The van der Waals surface area contributed by atoms with Gasteiger partial charge in [0.25, 0.3) is 0 Å². The molecule has 0 aliphatic carbocycles. The van der Waals surface area contributed by atoms with Gasteiger partial charge >= 0.3 is 0 Å². The van der Waals surface area contributed by atoms with Gasteiger partial charge in [-0.2, -0.15) is 0 Å². The maximum atomic E-state index is 12.7. The van der Waals surface area contributed by atoms with Gasteiger partial charge in [0.1, 0.15) is 12.1 Å². The normalized spacial score (nSPS) is 27.8. The van der Waals surface area contributed by atoms with E-state index in [0.29, 0.717) is 13.2 Å². The fourth-order valence-electron chi connectivity index (χ4n) is 3.27. The summed E-state index contributed by atoms with van der Waals surface area (Å²) < 4.78 is 5.68. The van der Waals surface area contributed by atoms with Crippen LogP contribution in [-0.2, 0) is 14.3 Å². The Morgan fingerprint density at radius 3 is 2.60 bits per heavy atom. The number of carbonyl (C=O) groups excluding carboxylic acids is 2. The molecule has 2 atom stereocenters. The Labute approximate surface area is 121 Å². The Morgan fingerprint density at radius 2 is 1.95 bits per heavy atom. The molecule has 0 aromatic rings. The van der Waals surface area contributed by atoms with E-state index in [1.807, 2.05) is 27.7 Å². The van der Waals surface area contributed by atoms with Crippen molar-refractivity contribution in [1.29, 1.82) is 0 Å². The van der Waals surface area contributed by atoms with Crippen LogP contribution in [0, 0.1) is 0 Å². The van der Waals surface area contributed by atoms with E-state index < -0.39 is 5.60 Å². The van der Waals surface area contributed by atoms with E-state index in [0.717, 1.165) is 25.8 Å². The van der Waals surface area contributed by atoms with Gasteiger partial charge in [-0.1, -0.05) is 0 Å². The highest BCUT2D eigenvalue weighted by atomic mass is 16.5. The van der Waals surface area contributed by atoms with E-state index in [9.17, 15) is 9.59 Å². The Hall–Kier alpha value is -1.10. The predicted molar refractivity (Wildman–Crippen MR) is 76.2 cm³/mol. The van der Waals surface area contributed by atoms with Gasteiger partial charge in [-0.3, -0.25) is 9.59 Å². The number of hydrogen-bond donors (Lipinski definition) is 0. The number of nitrogens with zero attached hydrogens (tertiary/aromatic N) is 2. The Balaban J connectivity index is 2.16. The first kappa shape index (κ1) is 15.3. The van der Waals surface area contributed by atoms with E-state index >= 15 is 0 Å². The SMILES string of the molecule is CCOC(C)(C)CN1C(=O)C2CCCCN2C(=O)C1C. The smallest absolute Gasteiger partial charge is 0.246 e. The first-order valence-corrected chi connectivity index (χ1v) is 7.62. The van der Waals surface area contributed by atoms with Crippen molar-refractivity contribution in [3.05, 3.63) is 0 Å². The maximum Gasteiger partial charge on any atom is 0.246 e. The van der Waals surface area contributed by atoms with E-state index in [1.165, 1.54) is 0 Å². The molecular weight excluding hydrogens is 256 g/mol. The molecule has 2 saturated heterocycles. The van der Waals surface area contributed by atoms with Gasteiger partial charge in [-0.15, -0.1) is 0 Å².